The number of alkyl halides is 3. The maximum Gasteiger partial charge on any atom is 0.438 e. The maximum atomic E-state index is 11.4. The van der Waals surface area contributed by atoms with E-state index in [0.717, 1.165) is 0 Å². The van der Waals surface area contributed by atoms with Crippen LogP contribution in [0, 0.1) is 0 Å². The molecule has 0 aliphatic heterocycles. The van der Waals surface area contributed by atoms with Crippen LogP contribution < -0.4 is 0 Å². The van der Waals surface area contributed by atoms with Gasteiger partial charge in [-0.2, -0.15) is 21.6 Å². The lowest BCUT2D eigenvalue weighted by Gasteiger charge is -2.12. The molecular formula is C3H4F4O3S. The number of rotatable bonds is 2. The van der Waals surface area contributed by atoms with Crippen molar-refractivity contribution in [2.75, 3.05) is 0 Å². The molecule has 1 atom stereocenters. The first-order valence-electron chi connectivity index (χ1n) is 2.32. The molecular weight excluding hydrogens is 192 g/mol. The molecule has 3 nitrogen and oxygen atoms in total. The van der Waals surface area contributed by atoms with E-state index in [2.05, 4.69) is 4.18 Å². The van der Waals surface area contributed by atoms with E-state index in [1.54, 1.807) is 0 Å². The predicted molar refractivity (Wildman–Crippen MR) is 26.6 cm³/mol. The van der Waals surface area contributed by atoms with Gasteiger partial charge in [0, 0.05) is 0 Å². The quantitative estimate of drug-likeness (QED) is 0.491. The van der Waals surface area contributed by atoms with Crippen LogP contribution in [0.15, 0.2) is 0 Å². The van der Waals surface area contributed by atoms with E-state index in [0.29, 0.717) is 6.92 Å². The van der Waals surface area contributed by atoms with E-state index < -0.39 is 22.8 Å². The summed E-state index contributed by atoms with van der Waals surface area (Å²) in [6, 6.07) is 0. The zero-order chi connectivity index (χ0) is 9.28. The lowest BCUT2D eigenvalue weighted by Crippen LogP contribution is -2.29. The fourth-order valence-electron chi connectivity index (χ4n) is 0.227. The molecule has 0 rings (SSSR count). The van der Waals surface area contributed by atoms with Crippen LogP contribution in [0.3, 0.4) is 0 Å². The first kappa shape index (κ1) is 10.6. The smallest absolute Gasteiger partial charge is 0.232 e. The van der Waals surface area contributed by atoms with Crippen LogP contribution in [0.25, 0.3) is 0 Å². The third-order valence-electron chi connectivity index (χ3n) is 0.720. The summed E-state index contributed by atoms with van der Waals surface area (Å²) in [6.07, 6.45) is -7.53. The van der Waals surface area contributed by atoms with Gasteiger partial charge in [0.05, 0.1) is 0 Å². The third-order valence-corrected chi connectivity index (χ3v) is 1.24. The highest BCUT2D eigenvalue weighted by molar-refractivity contribution is 7.81. The molecule has 0 aliphatic rings. The Bertz CT molecular complexity index is 217. The van der Waals surface area contributed by atoms with E-state index in [9.17, 15) is 25.5 Å². The van der Waals surface area contributed by atoms with Crippen molar-refractivity contribution >= 4 is 10.5 Å². The van der Waals surface area contributed by atoms with Crippen LogP contribution >= 0.6 is 0 Å². The second-order valence-corrected chi connectivity index (χ2v) is 2.65. The molecule has 68 valence electrons. The van der Waals surface area contributed by atoms with Gasteiger partial charge in [-0.3, -0.25) is 0 Å². The molecule has 0 radical (unpaired) electrons. The Labute approximate surface area is 60.4 Å². The fraction of sp³-hybridized carbons (Fsp3) is 1.00. The first-order chi connectivity index (χ1) is 4.63. The van der Waals surface area contributed by atoms with E-state index >= 15 is 0 Å². The minimum atomic E-state index is -5.53. The highest BCUT2D eigenvalue weighted by Crippen LogP contribution is 2.23. The lowest BCUT2D eigenvalue weighted by molar-refractivity contribution is -0.189. The molecule has 0 amide bonds. The second kappa shape index (κ2) is 2.94. The Morgan fingerprint density at radius 2 is 1.73 bits per heavy atom. The van der Waals surface area contributed by atoms with Crippen molar-refractivity contribution in [2.45, 2.75) is 19.2 Å². The molecule has 0 aromatic heterocycles. The van der Waals surface area contributed by atoms with Crippen LogP contribution in [-0.4, -0.2) is 20.7 Å². The van der Waals surface area contributed by atoms with Crippen molar-refractivity contribution in [1.29, 1.82) is 0 Å². The van der Waals surface area contributed by atoms with E-state index in [1.807, 2.05) is 0 Å². The molecule has 0 spiro atoms. The molecule has 0 heterocycles. The Morgan fingerprint density at radius 1 is 1.36 bits per heavy atom. The third kappa shape index (κ3) is 4.96. The van der Waals surface area contributed by atoms with Gasteiger partial charge < -0.3 is 0 Å². The lowest BCUT2D eigenvalue weighted by atomic mass is 10.4. The van der Waals surface area contributed by atoms with Gasteiger partial charge in [0.15, 0.2) is 6.10 Å². The van der Waals surface area contributed by atoms with Crippen LogP contribution in [0.1, 0.15) is 6.92 Å². The van der Waals surface area contributed by atoms with Crippen molar-refractivity contribution in [3.63, 3.8) is 0 Å². The minimum absolute atomic E-state index is 0.386. The highest BCUT2D eigenvalue weighted by atomic mass is 32.3. The van der Waals surface area contributed by atoms with E-state index in [4.69, 9.17) is 0 Å². The van der Waals surface area contributed by atoms with Crippen molar-refractivity contribution < 1.29 is 29.7 Å². The molecule has 0 N–H and O–H groups in total. The Balaban J connectivity index is 4.21. The summed E-state index contributed by atoms with van der Waals surface area (Å²) in [4.78, 5) is 0. The average Bonchev–Trinajstić information content (AvgIpc) is 1.56. The van der Waals surface area contributed by atoms with Gasteiger partial charge in [-0.1, -0.05) is 3.89 Å². The monoisotopic (exact) mass is 196 g/mol. The van der Waals surface area contributed by atoms with Crippen molar-refractivity contribution in [3.8, 4) is 0 Å². The molecule has 0 bridgehead atoms. The van der Waals surface area contributed by atoms with Crippen LogP contribution in [0.5, 0.6) is 0 Å². The summed E-state index contributed by atoms with van der Waals surface area (Å²) in [6.45, 7) is 0.386. The minimum Gasteiger partial charge on any atom is -0.232 e. The average molecular weight is 196 g/mol. The molecule has 0 fully saturated rings. The van der Waals surface area contributed by atoms with E-state index in [-0.39, 0.29) is 0 Å². The summed E-state index contributed by atoms with van der Waals surface area (Å²) < 4.78 is 67.7. The first-order valence-corrected chi connectivity index (χ1v) is 3.63. The van der Waals surface area contributed by atoms with Crippen molar-refractivity contribution in [1.82, 2.24) is 0 Å². The SMILES string of the molecule is CC(OS(=O)(=O)F)C(F)(F)F. The van der Waals surface area contributed by atoms with Gasteiger partial charge >= 0.3 is 16.7 Å². The van der Waals surface area contributed by atoms with E-state index in [1.165, 1.54) is 0 Å². The standard InChI is InChI=1S/C3H4F4O3S/c1-2(3(4,5)6)10-11(7,8)9/h2H,1H3. The van der Waals surface area contributed by atoms with Crippen LogP contribution in [0.4, 0.5) is 17.1 Å². The Morgan fingerprint density at radius 3 is 1.82 bits per heavy atom. The number of hydrogen-bond donors (Lipinski definition) is 0. The maximum absolute atomic E-state index is 11.4. The molecule has 0 aromatic rings. The largest absolute Gasteiger partial charge is 0.438 e. The molecule has 0 aliphatic carbocycles. The topological polar surface area (TPSA) is 43.4 Å². The van der Waals surface area contributed by atoms with Gasteiger partial charge in [-0.15, -0.1) is 0 Å². The number of hydrogen-bond acceptors (Lipinski definition) is 3. The van der Waals surface area contributed by atoms with Gasteiger partial charge in [-0.25, -0.2) is 4.18 Å². The predicted octanol–water partition coefficient (Wildman–Crippen LogP) is 1.17. The zero-order valence-electron chi connectivity index (χ0n) is 5.22. The van der Waals surface area contributed by atoms with Gasteiger partial charge in [0.2, 0.25) is 0 Å². The summed E-state index contributed by atoms with van der Waals surface area (Å²) in [5, 5.41) is 0. The summed E-state index contributed by atoms with van der Waals surface area (Å²) >= 11 is 0. The zero-order valence-corrected chi connectivity index (χ0v) is 6.04. The van der Waals surface area contributed by atoms with Crippen LogP contribution in [0.2, 0.25) is 0 Å². The van der Waals surface area contributed by atoms with Gasteiger partial charge in [0.1, 0.15) is 0 Å². The Kier molecular flexibility index (Phi) is 2.84. The summed E-state index contributed by atoms with van der Waals surface area (Å²) in [7, 11) is -5.53. The molecule has 1 unspecified atom stereocenters. The second-order valence-electron chi connectivity index (χ2n) is 1.67. The van der Waals surface area contributed by atoms with Crippen molar-refractivity contribution in [3.05, 3.63) is 0 Å². The number of halogens is 4. The molecule has 0 aromatic carbocycles. The highest BCUT2D eigenvalue weighted by Gasteiger charge is 2.40. The molecule has 11 heavy (non-hydrogen) atoms. The molecule has 0 saturated heterocycles. The normalized spacial score (nSPS) is 16.5. The van der Waals surface area contributed by atoms with Gasteiger partial charge in [0.25, 0.3) is 0 Å². The van der Waals surface area contributed by atoms with Crippen molar-refractivity contribution in [2.24, 2.45) is 0 Å². The molecule has 0 saturated carbocycles. The van der Waals surface area contributed by atoms with Crippen LogP contribution in [-0.2, 0) is 14.7 Å². The Hall–Kier alpha value is -0.370. The molecule has 8 heteroatoms. The van der Waals surface area contributed by atoms with Gasteiger partial charge in [-0.05, 0) is 6.92 Å². The summed E-state index contributed by atoms with van der Waals surface area (Å²) in [5.41, 5.74) is 0. The summed E-state index contributed by atoms with van der Waals surface area (Å²) in [5.74, 6) is 0. The fourth-order valence-corrected chi connectivity index (χ4v) is 0.681.